The van der Waals surface area contributed by atoms with Gasteiger partial charge in [0.05, 0.1) is 19.1 Å². The zero-order valence-electron chi connectivity index (χ0n) is 12.0. The molecule has 0 saturated heterocycles. The van der Waals surface area contributed by atoms with Crippen LogP contribution in [0.3, 0.4) is 0 Å². The van der Waals surface area contributed by atoms with E-state index in [9.17, 15) is 4.79 Å². The smallest absolute Gasteiger partial charge is 0.313 e. The van der Waals surface area contributed by atoms with Crippen LogP contribution in [0, 0.1) is 5.41 Å². The van der Waals surface area contributed by atoms with Gasteiger partial charge in [-0.25, -0.2) is 0 Å². The minimum atomic E-state index is -0.529. The molecule has 1 heterocycles. The van der Waals surface area contributed by atoms with E-state index in [2.05, 4.69) is 11.0 Å². The quantitative estimate of drug-likeness (QED) is 0.781. The van der Waals surface area contributed by atoms with Crippen molar-refractivity contribution in [3.8, 4) is 5.75 Å². The maximum absolute atomic E-state index is 11.7. The topological polar surface area (TPSA) is 38.8 Å². The number of esters is 1. The van der Waals surface area contributed by atoms with Gasteiger partial charge in [0.15, 0.2) is 0 Å². The zero-order chi connectivity index (χ0) is 14.0. The molecule has 0 amide bonds. The fraction of sp³-hybridized carbons (Fsp3) is 0.533. The fourth-order valence-corrected chi connectivity index (χ4v) is 2.44. The van der Waals surface area contributed by atoms with E-state index in [0.29, 0.717) is 6.54 Å². The Morgan fingerprint density at radius 1 is 1.47 bits per heavy atom. The summed E-state index contributed by atoms with van der Waals surface area (Å²) in [5.74, 6) is 0.785. The van der Waals surface area contributed by atoms with Gasteiger partial charge in [-0.05, 0) is 37.6 Å². The van der Waals surface area contributed by atoms with Crippen molar-refractivity contribution in [3.05, 3.63) is 23.8 Å². The van der Waals surface area contributed by atoms with Gasteiger partial charge in [0.25, 0.3) is 0 Å². The lowest BCUT2D eigenvalue weighted by Crippen LogP contribution is -2.38. The molecule has 1 aromatic carbocycles. The first-order chi connectivity index (χ1) is 8.94. The van der Waals surface area contributed by atoms with Gasteiger partial charge in [-0.1, -0.05) is 0 Å². The molecule has 0 aliphatic carbocycles. The second-order valence-corrected chi connectivity index (χ2v) is 5.62. The Labute approximate surface area is 114 Å². The summed E-state index contributed by atoms with van der Waals surface area (Å²) in [5.41, 5.74) is 1.81. The van der Waals surface area contributed by atoms with Crippen molar-refractivity contribution in [1.29, 1.82) is 0 Å². The first-order valence-electron chi connectivity index (χ1n) is 6.49. The van der Waals surface area contributed by atoms with Gasteiger partial charge < -0.3 is 14.4 Å². The number of rotatable bonds is 4. The Balaban J connectivity index is 2.12. The molecule has 0 bridgehead atoms. The Bertz CT molecular complexity index is 482. The molecule has 4 nitrogen and oxygen atoms in total. The molecule has 4 heteroatoms. The van der Waals surface area contributed by atoms with Crippen molar-refractivity contribution in [2.24, 2.45) is 5.41 Å². The number of benzene rings is 1. The summed E-state index contributed by atoms with van der Waals surface area (Å²) in [7, 11) is 3.42. The van der Waals surface area contributed by atoms with Crippen LogP contribution < -0.4 is 9.64 Å². The molecule has 2 rings (SSSR count). The third kappa shape index (κ3) is 2.83. The predicted molar refractivity (Wildman–Crippen MR) is 74.7 cm³/mol. The van der Waals surface area contributed by atoms with E-state index in [1.807, 2.05) is 33.0 Å². The van der Waals surface area contributed by atoms with Gasteiger partial charge in [-0.3, -0.25) is 4.79 Å². The second kappa shape index (κ2) is 5.11. The van der Waals surface area contributed by atoms with E-state index < -0.39 is 5.41 Å². The van der Waals surface area contributed by atoms with Crippen LogP contribution in [0.15, 0.2) is 18.2 Å². The standard InChI is InChI=1S/C15H21NO3/c1-15(2,14(17)18-4)10-16(3)12-5-6-13-11(9-12)7-8-19-13/h5-6,9H,7-8,10H2,1-4H3. The van der Waals surface area contributed by atoms with Gasteiger partial charge >= 0.3 is 5.97 Å². The van der Waals surface area contributed by atoms with Crippen molar-refractivity contribution in [2.45, 2.75) is 20.3 Å². The monoisotopic (exact) mass is 263 g/mol. The third-order valence-corrected chi connectivity index (χ3v) is 3.48. The number of methoxy groups -OCH3 is 1. The molecule has 0 atom stereocenters. The molecule has 0 aromatic heterocycles. The minimum absolute atomic E-state index is 0.191. The van der Waals surface area contributed by atoms with Crippen LogP contribution in [0.25, 0.3) is 0 Å². The number of anilines is 1. The first-order valence-corrected chi connectivity index (χ1v) is 6.49. The average molecular weight is 263 g/mol. The maximum atomic E-state index is 11.7. The lowest BCUT2D eigenvalue weighted by Gasteiger charge is -2.29. The SMILES string of the molecule is COC(=O)C(C)(C)CN(C)c1ccc2c(c1)CCO2. The third-order valence-electron chi connectivity index (χ3n) is 3.48. The molecule has 1 aromatic rings. The Hall–Kier alpha value is -1.71. The molecule has 0 radical (unpaired) electrons. The normalized spacial score (nSPS) is 13.7. The van der Waals surface area contributed by atoms with Gasteiger partial charge in [0, 0.05) is 25.7 Å². The molecule has 0 N–H and O–H groups in total. The van der Waals surface area contributed by atoms with Crippen LogP contribution >= 0.6 is 0 Å². The average Bonchev–Trinajstić information content (AvgIpc) is 2.84. The molecule has 1 aliphatic heterocycles. The Kier molecular flexibility index (Phi) is 3.69. The van der Waals surface area contributed by atoms with Crippen molar-refractivity contribution < 1.29 is 14.3 Å². The van der Waals surface area contributed by atoms with E-state index in [4.69, 9.17) is 9.47 Å². The second-order valence-electron chi connectivity index (χ2n) is 5.62. The van der Waals surface area contributed by atoms with Crippen LogP contribution in [0.4, 0.5) is 5.69 Å². The van der Waals surface area contributed by atoms with E-state index in [0.717, 1.165) is 24.5 Å². The molecule has 0 unspecified atom stereocenters. The highest BCUT2D eigenvalue weighted by atomic mass is 16.5. The Morgan fingerprint density at radius 2 is 2.21 bits per heavy atom. The maximum Gasteiger partial charge on any atom is 0.313 e. The van der Waals surface area contributed by atoms with Crippen LogP contribution in [0.2, 0.25) is 0 Å². The first kappa shape index (κ1) is 13.7. The summed E-state index contributed by atoms with van der Waals surface area (Å²) in [4.78, 5) is 13.8. The molecule has 19 heavy (non-hydrogen) atoms. The highest BCUT2D eigenvalue weighted by molar-refractivity contribution is 5.76. The molecule has 0 spiro atoms. The van der Waals surface area contributed by atoms with Crippen LogP contribution in [0.5, 0.6) is 5.75 Å². The summed E-state index contributed by atoms with van der Waals surface area (Å²) in [6.45, 7) is 5.16. The van der Waals surface area contributed by atoms with Gasteiger partial charge in [-0.2, -0.15) is 0 Å². The highest BCUT2D eigenvalue weighted by Crippen LogP contribution is 2.30. The van der Waals surface area contributed by atoms with Crippen molar-refractivity contribution >= 4 is 11.7 Å². The summed E-state index contributed by atoms with van der Waals surface area (Å²) >= 11 is 0. The summed E-state index contributed by atoms with van der Waals surface area (Å²) in [6, 6.07) is 6.16. The van der Waals surface area contributed by atoms with E-state index in [-0.39, 0.29) is 5.97 Å². The number of carbonyl (C=O) groups is 1. The fourth-order valence-electron chi connectivity index (χ4n) is 2.44. The number of carbonyl (C=O) groups excluding carboxylic acids is 1. The molecule has 104 valence electrons. The van der Waals surface area contributed by atoms with Gasteiger partial charge in [0.1, 0.15) is 5.75 Å². The summed E-state index contributed by atoms with van der Waals surface area (Å²) in [6.07, 6.45) is 0.956. The number of ether oxygens (including phenoxy) is 2. The Morgan fingerprint density at radius 3 is 2.89 bits per heavy atom. The molecule has 0 fully saturated rings. The number of hydrogen-bond acceptors (Lipinski definition) is 4. The summed E-state index contributed by atoms with van der Waals surface area (Å²) < 4.78 is 10.3. The minimum Gasteiger partial charge on any atom is -0.493 e. The highest BCUT2D eigenvalue weighted by Gasteiger charge is 2.30. The van der Waals surface area contributed by atoms with Crippen LogP contribution in [-0.2, 0) is 16.0 Å². The van der Waals surface area contributed by atoms with E-state index in [1.54, 1.807) is 0 Å². The van der Waals surface area contributed by atoms with Crippen molar-refractivity contribution in [3.63, 3.8) is 0 Å². The largest absolute Gasteiger partial charge is 0.493 e. The lowest BCUT2D eigenvalue weighted by molar-refractivity contribution is -0.150. The lowest BCUT2D eigenvalue weighted by atomic mass is 9.93. The number of hydrogen-bond donors (Lipinski definition) is 0. The van der Waals surface area contributed by atoms with E-state index >= 15 is 0 Å². The molecule has 1 aliphatic rings. The zero-order valence-corrected chi connectivity index (χ0v) is 12.0. The molecule has 0 saturated carbocycles. The van der Waals surface area contributed by atoms with Gasteiger partial charge in [-0.15, -0.1) is 0 Å². The van der Waals surface area contributed by atoms with Crippen LogP contribution in [-0.4, -0.2) is 33.3 Å². The van der Waals surface area contributed by atoms with E-state index in [1.165, 1.54) is 12.7 Å². The van der Waals surface area contributed by atoms with Gasteiger partial charge in [0.2, 0.25) is 0 Å². The van der Waals surface area contributed by atoms with Crippen molar-refractivity contribution in [1.82, 2.24) is 0 Å². The summed E-state index contributed by atoms with van der Waals surface area (Å²) in [5, 5.41) is 0. The van der Waals surface area contributed by atoms with Crippen molar-refractivity contribution in [2.75, 3.05) is 32.2 Å². The molecular formula is C15H21NO3. The number of nitrogens with zero attached hydrogens (tertiary/aromatic N) is 1. The molecular weight excluding hydrogens is 242 g/mol. The predicted octanol–water partition coefficient (Wildman–Crippen LogP) is 2.26. The van der Waals surface area contributed by atoms with Crippen LogP contribution in [0.1, 0.15) is 19.4 Å². The number of fused-ring (bicyclic) bond motifs is 1.